The molecule has 0 spiro atoms. The van der Waals surface area contributed by atoms with Gasteiger partial charge in [0.1, 0.15) is 0 Å². The molecule has 3 nitrogen and oxygen atoms in total. The normalized spacial score (nSPS) is 20.6. The number of benzene rings is 1. The van der Waals surface area contributed by atoms with Gasteiger partial charge >= 0.3 is 0 Å². The second-order valence-electron chi connectivity index (χ2n) is 4.33. The standard InChI is InChI=1S/C13H17BrN2O/c14-12-6-2-1-5-11(12)13(17)16-10-4-3-8-15-9-7-10/h1-2,5-6,10,15H,3-4,7-9H2,(H,16,17). The number of hydrogen-bond acceptors (Lipinski definition) is 2. The van der Waals surface area contributed by atoms with Gasteiger partial charge in [0.2, 0.25) is 0 Å². The summed E-state index contributed by atoms with van der Waals surface area (Å²) in [5, 5.41) is 6.45. The maximum atomic E-state index is 12.1. The van der Waals surface area contributed by atoms with Crippen LogP contribution in [-0.4, -0.2) is 25.0 Å². The molecule has 0 aromatic heterocycles. The molecule has 1 atom stereocenters. The quantitative estimate of drug-likeness (QED) is 0.879. The Bertz CT molecular complexity index is 387. The Kier molecular flexibility index (Phi) is 4.57. The van der Waals surface area contributed by atoms with E-state index in [-0.39, 0.29) is 5.91 Å². The van der Waals surface area contributed by atoms with Crippen LogP contribution in [0, 0.1) is 0 Å². The van der Waals surface area contributed by atoms with Crippen LogP contribution in [0.2, 0.25) is 0 Å². The van der Waals surface area contributed by atoms with E-state index in [0.29, 0.717) is 11.6 Å². The highest BCUT2D eigenvalue weighted by atomic mass is 79.9. The van der Waals surface area contributed by atoms with Crippen LogP contribution in [0.4, 0.5) is 0 Å². The van der Waals surface area contributed by atoms with E-state index in [9.17, 15) is 4.79 Å². The van der Waals surface area contributed by atoms with Gasteiger partial charge in [0.25, 0.3) is 5.91 Å². The Morgan fingerprint density at radius 2 is 2.12 bits per heavy atom. The van der Waals surface area contributed by atoms with E-state index in [4.69, 9.17) is 0 Å². The molecule has 0 saturated carbocycles. The Morgan fingerprint density at radius 3 is 2.94 bits per heavy atom. The molecule has 92 valence electrons. The molecule has 1 aliphatic heterocycles. The zero-order valence-corrected chi connectivity index (χ0v) is 11.3. The summed E-state index contributed by atoms with van der Waals surface area (Å²) in [4.78, 5) is 12.1. The van der Waals surface area contributed by atoms with Crippen molar-refractivity contribution in [3.05, 3.63) is 34.3 Å². The Hall–Kier alpha value is -0.870. The first-order valence-corrected chi connectivity index (χ1v) is 6.83. The molecule has 2 rings (SSSR count). The van der Waals surface area contributed by atoms with Gasteiger partial charge in [-0.05, 0) is 60.4 Å². The van der Waals surface area contributed by atoms with Crippen molar-refractivity contribution in [1.82, 2.24) is 10.6 Å². The molecule has 2 N–H and O–H groups in total. The van der Waals surface area contributed by atoms with Crippen LogP contribution in [0.1, 0.15) is 29.6 Å². The van der Waals surface area contributed by atoms with E-state index in [2.05, 4.69) is 26.6 Å². The maximum Gasteiger partial charge on any atom is 0.252 e. The number of hydrogen-bond donors (Lipinski definition) is 2. The van der Waals surface area contributed by atoms with Crippen molar-refractivity contribution in [1.29, 1.82) is 0 Å². The molecule has 1 aliphatic rings. The van der Waals surface area contributed by atoms with Gasteiger partial charge in [0.15, 0.2) is 0 Å². The molecule has 1 saturated heterocycles. The van der Waals surface area contributed by atoms with E-state index in [1.807, 2.05) is 24.3 Å². The average molecular weight is 297 g/mol. The van der Waals surface area contributed by atoms with Crippen molar-refractivity contribution < 1.29 is 4.79 Å². The molecule has 17 heavy (non-hydrogen) atoms. The molecular weight excluding hydrogens is 280 g/mol. The lowest BCUT2D eigenvalue weighted by Crippen LogP contribution is -2.35. The Morgan fingerprint density at radius 1 is 1.29 bits per heavy atom. The van der Waals surface area contributed by atoms with Gasteiger partial charge < -0.3 is 10.6 Å². The van der Waals surface area contributed by atoms with Crippen LogP contribution in [0.15, 0.2) is 28.7 Å². The highest BCUT2D eigenvalue weighted by Gasteiger charge is 2.16. The molecule has 0 bridgehead atoms. The molecule has 1 unspecified atom stereocenters. The van der Waals surface area contributed by atoms with Gasteiger partial charge in [0, 0.05) is 10.5 Å². The minimum atomic E-state index is 0.0179. The SMILES string of the molecule is O=C(NC1CCCNCC1)c1ccccc1Br. The summed E-state index contributed by atoms with van der Waals surface area (Å²) in [6.45, 7) is 2.04. The summed E-state index contributed by atoms with van der Waals surface area (Å²) >= 11 is 3.40. The summed E-state index contributed by atoms with van der Waals surface area (Å²) < 4.78 is 0.851. The van der Waals surface area contributed by atoms with Crippen molar-refractivity contribution in [2.45, 2.75) is 25.3 Å². The summed E-state index contributed by atoms with van der Waals surface area (Å²) in [6, 6.07) is 7.83. The summed E-state index contributed by atoms with van der Waals surface area (Å²) in [5.41, 5.74) is 0.713. The van der Waals surface area contributed by atoms with Crippen LogP contribution in [0.5, 0.6) is 0 Å². The second-order valence-corrected chi connectivity index (χ2v) is 5.19. The number of halogens is 1. The fourth-order valence-corrected chi connectivity index (χ4v) is 2.54. The van der Waals surface area contributed by atoms with Gasteiger partial charge in [-0.1, -0.05) is 12.1 Å². The van der Waals surface area contributed by atoms with Crippen LogP contribution < -0.4 is 10.6 Å². The molecule has 0 radical (unpaired) electrons. The zero-order valence-electron chi connectivity index (χ0n) is 9.71. The van der Waals surface area contributed by atoms with Crippen molar-refractivity contribution in [3.8, 4) is 0 Å². The third kappa shape index (κ3) is 3.54. The molecular formula is C13H17BrN2O. The first kappa shape index (κ1) is 12.6. The lowest BCUT2D eigenvalue weighted by Gasteiger charge is -2.16. The third-order valence-corrected chi connectivity index (χ3v) is 3.72. The van der Waals surface area contributed by atoms with Crippen LogP contribution in [0.25, 0.3) is 0 Å². The fraction of sp³-hybridized carbons (Fsp3) is 0.462. The highest BCUT2D eigenvalue weighted by molar-refractivity contribution is 9.10. The van der Waals surface area contributed by atoms with Crippen LogP contribution >= 0.6 is 15.9 Å². The van der Waals surface area contributed by atoms with Crippen LogP contribution in [0.3, 0.4) is 0 Å². The minimum absolute atomic E-state index is 0.0179. The van der Waals surface area contributed by atoms with E-state index >= 15 is 0 Å². The number of carbonyl (C=O) groups is 1. The number of nitrogens with one attached hydrogen (secondary N) is 2. The summed E-state index contributed by atoms with van der Waals surface area (Å²) in [5.74, 6) is 0.0179. The molecule has 0 aliphatic carbocycles. The maximum absolute atomic E-state index is 12.1. The minimum Gasteiger partial charge on any atom is -0.349 e. The molecule has 1 aromatic rings. The lowest BCUT2D eigenvalue weighted by molar-refractivity contribution is 0.0933. The highest BCUT2D eigenvalue weighted by Crippen LogP contribution is 2.16. The van der Waals surface area contributed by atoms with Crippen LogP contribution in [-0.2, 0) is 0 Å². The van der Waals surface area contributed by atoms with Gasteiger partial charge in [-0.25, -0.2) is 0 Å². The first-order valence-electron chi connectivity index (χ1n) is 6.03. The van der Waals surface area contributed by atoms with Crippen molar-refractivity contribution in [3.63, 3.8) is 0 Å². The van der Waals surface area contributed by atoms with E-state index in [0.717, 1.165) is 36.8 Å². The molecule has 1 fully saturated rings. The van der Waals surface area contributed by atoms with E-state index < -0.39 is 0 Å². The van der Waals surface area contributed by atoms with Gasteiger partial charge in [0.05, 0.1) is 5.56 Å². The van der Waals surface area contributed by atoms with Crippen molar-refractivity contribution in [2.24, 2.45) is 0 Å². The van der Waals surface area contributed by atoms with Crippen molar-refractivity contribution in [2.75, 3.05) is 13.1 Å². The Balaban J connectivity index is 1.98. The number of amides is 1. The summed E-state index contributed by atoms with van der Waals surface area (Å²) in [6.07, 6.45) is 3.19. The molecule has 1 aromatic carbocycles. The smallest absolute Gasteiger partial charge is 0.252 e. The van der Waals surface area contributed by atoms with Gasteiger partial charge in [-0.3, -0.25) is 4.79 Å². The van der Waals surface area contributed by atoms with Crippen molar-refractivity contribution >= 4 is 21.8 Å². The average Bonchev–Trinajstić information content (AvgIpc) is 2.58. The molecule has 1 amide bonds. The number of rotatable bonds is 2. The first-order chi connectivity index (χ1) is 8.27. The van der Waals surface area contributed by atoms with E-state index in [1.54, 1.807) is 0 Å². The largest absolute Gasteiger partial charge is 0.349 e. The predicted molar refractivity (Wildman–Crippen MR) is 72.1 cm³/mol. The molecule has 1 heterocycles. The van der Waals surface area contributed by atoms with Gasteiger partial charge in [-0.2, -0.15) is 0 Å². The monoisotopic (exact) mass is 296 g/mol. The van der Waals surface area contributed by atoms with Gasteiger partial charge in [-0.15, -0.1) is 0 Å². The lowest BCUT2D eigenvalue weighted by atomic mass is 10.1. The summed E-state index contributed by atoms with van der Waals surface area (Å²) in [7, 11) is 0. The topological polar surface area (TPSA) is 41.1 Å². The Labute approximate surface area is 110 Å². The van der Waals surface area contributed by atoms with E-state index in [1.165, 1.54) is 0 Å². The number of carbonyl (C=O) groups excluding carboxylic acids is 1. The zero-order chi connectivity index (χ0) is 12.1. The predicted octanol–water partition coefficient (Wildman–Crippen LogP) is 2.32. The second kappa shape index (κ2) is 6.17. The molecule has 4 heteroatoms. The third-order valence-electron chi connectivity index (χ3n) is 3.03. The fourth-order valence-electron chi connectivity index (χ4n) is 2.07.